The first-order valence-electron chi connectivity index (χ1n) is 9.64. The maximum atomic E-state index is 12.8. The maximum Gasteiger partial charge on any atom is 0.254 e. The van der Waals surface area contributed by atoms with Gasteiger partial charge in [0.15, 0.2) is 0 Å². The van der Waals surface area contributed by atoms with Gasteiger partial charge in [-0.25, -0.2) is 4.98 Å². The fraction of sp³-hybridized carbons (Fsp3) is 0.318. The number of piperazine rings is 1. The number of rotatable bonds is 3. The van der Waals surface area contributed by atoms with Crippen molar-refractivity contribution in [3.05, 3.63) is 65.5 Å². The number of fused-ring (bicyclic) bond motifs is 1. The van der Waals surface area contributed by atoms with Gasteiger partial charge in [0.1, 0.15) is 0 Å². The summed E-state index contributed by atoms with van der Waals surface area (Å²) in [7, 11) is 0. The number of aromatic amines is 1. The second kappa shape index (κ2) is 7.46. The second-order valence-electron chi connectivity index (χ2n) is 7.50. The Hall–Kier alpha value is -3.15. The molecule has 0 spiro atoms. The van der Waals surface area contributed by atoms with Gasteiger partial charge in [0.2, 0.25) is 0 Å². The Balaban J connectivity index is 1.39. The molecule has 1 saturated heterocycles. The third kappa shape index (κ3) is 3.50. The van der Waals surface area contributed by atoms with Crippen LogP contribution in [0.25, 0.3) is 11.0 Å². The molecule has 0 aliphatic carbocycles. The standard InChI is InChI=1S/C22H24N4O2/c1-15(2)16-3-5-17(6-4-16)21(27)25-9-11-26(12-10-25)22(28)18-7-8-19-20(13-18)24-14-23-19/h3-8,13-15H,9-12H2,1-2H3,(H,23,24). The van der Waals surface area contributed by atoms with Crippen molar-refractivity contribution < 1.29 is 9.59 Å². The van der Waals surface area contributed by atoms with Crippen molar-refractivity contribution in [2.75, 3.05) is 26.2 Å². The van der Waals surface area contributed by atoms with Gasteiger partial charge in [0.25, 0.3) is 11.8 Å². The number of carbonyl (C=O) groups is 2. The fourth-order valence-corrected chi connectivity index (χ4v) is 3.56. The molecule has 1 fully saturated rings. The van der Waals surface area contributed by atoms with Crippen molar-refractivity contribution in [3.63, 3.8) is 0 Å². The van der Waals surface area contributed by atoms with Crippen LogP contribution in [0.5, 0.6) is 0 Å². The summed E-state index contributed by atoms with van der Waals surface area (Å²) in [4.78, 5) is 36.4. The highest BCUT2D eigenvalue weighted by molar-refractivity contribution is 5.98. The van der Waals surface area contributed by atoms with Gasteiger partial charge in [-0.1, -0.05) is 26.0 Å². The average Bonchev–Trinajstić information content (AvgIpc) is 3.21. The van der Waals surface area contributed by atoms with Crippen molar-refractivity contribution in [1.82, 2.24) is 19.8 Å². The van der Waals surface area contributed by atoms with Crippen molar-refractivity contribution in [3.8, 4) is 0 Å². The highest BCUT2D eigenvalue weighted by Crippen LogP contribution is 2.18. The first-order valence-corrected chi connectivity index (χ1v) is 9.64. The van der Waals surface area contributed by atoms with Gasteiger partial charge < -0.3 is 14.8 Å². The lowest BCUT2D eigenvalue weighted by Crippen LogP contribution is -2.50. The van der Waals surface area contributed by atoms with E-state index in [9.17, 15) is 9.59 Å². The third-order valence-electron chi connectivity index (χ3n) is 5.35. The van der Waals surface area contributed by atoms with Gasteiger partial charge in [0.05, 0.1) is 17.4 Å². The maximum absolute atomic E-state index is 12.8. The number of carbonyl (C=O) groups excluding carboxylic acids is 2. The van der Waals surface area contributed by atoms with E-state index in [1.54, 1.807) is 12.4 Å². The Kier molecular flexibility index (Phi) is 4.86. The van der Waals surface area contributed by atoms with Crippen molar-refractivity contribution in [2.24, 2.45) is 0 Å². The molecule has 3 aromatic rings. The molecule has 4 rings (SSSR count). The topological polar surface area (TPSA) is 69.3 Å². The van der Waals surface area contributed by atoms with Gasteiger partial charge in [-0.3, -0.25) is 9.59 Å². The molecule has 6 heteroatoms. The summed E-state index contributed by atoms with van der Waals surface area (Å²) in [5.41, 5.74) is 4.26. The van der Waals surface area contributed by atoms with E-state index in [1.165, 1.54) is 5.56 Å². The summed E-state index contributed by atoms with van der Waals surface area (Å²) < 4.78 is 0. The van der Waals surface area contributed by atoms with E-state index in [4.69, 9.17) is 0 Å². The molecule has 1 aliphatic rings. The van der Waals surface area contributed by atoms with Crippen molar-refractivity contribution >= 4 is 22.8 Å². The largest absolute Gasteiger partial charge is 0.345 e. The van der Waals surface area contributed by atoms with E-state index >= 15 is 0 Å². The molecule has 0 bridgehead atoms. The number of aromatic nitrogens is 2. The van der Waals surface area contributed by atoms with Crippen LogP contribution in [0.3, 0.4) is 0 Å². The van der Waals surface area contributed by atoms with Crippen LogP contribution >= 0.6 is 0 Å². The predicted octanol–water partition coefficient (Wildman–Crippen LogP) is 3.28. The Bertz CT molecular complexity index is 999. The molecule has 1 aromatic heterocycles. The summed E-state index contributed by atoms with van der Waals surface area (Å²) in [6.07, 6.45) is 1.62. The molecule has 2 heterocycles. The van der Waals surface area contributed by atoms with Crippen LogP contribution in [0.15, 0.2) is 48.8 Å². The summed E-state index contributed by atoms with van der Waals surface area (Å²) in [5.74, 6) is 0.464. The molecule has 28 heavy (non-hydrogen) atoms. The first-order chi connectivity index (χ1) is 13.5. The van der Waals surface area contributed by atoms with E-state index < -0.39 is 0 Å². The molecule has 2 amide bonds. The van der Waals surface area contributed by atoms with Crippen LogP contribution in [0.2, 0.25) is 0 Å². The number of benzene rings is 2. The molecule has 6 nitrogen and oxygen atoms in total. The van der Waals surface area contributed by atoms with Crippen molar-refractivity contribution in [1.29, 1.82) is 0 Å². The SMILES string of the molecule is CC(C)c1ccc(C(=O)N2CCN(C(=O)c3ccc4nc[nH]c4c3)CC2)cc1. The van der Waals surface area contributed by atoms with Crippen LogP contribution in [-0.2, 0) is 0 Å². The number of nitrogens with one attached hydrogen (secondary N) is 1. The van der Waals surface area contributed by atoms with Crippen LogP contribution in [0.4, 0.5) is 0 Å². The number of amides is 2. The highest BCUT2D eigenvalue weighted by atomic mass is 16.2. The molecule has 0 atom stereocenters. The monoisotopic (exact) mass is 376 g/mol. The third-order valence-corrected chi connectivity index (χ3v) is 5.35. The van der Waals surface area contributed by atoms with Gasteiger partial charge in [0, 0.05) is 37.3 Å². The lowest BCUT2D eigenvalue weighted by molar-refractivity contribution is 0.0535. The summed E-state index contributed by atoms with van der Waals surface area (Å²) in [5, 5.41) is 0. The minimum absolute atomic E-state index is 0.00937. The summed E-state index contributed by atoms with van der Waals surface area (Å²) >= 11 is 0. The van der Waals surface area contributed by atoms with E-state index in [1.807, 2.05) is 46.2 Å². The number of hydrogen-bond acceptors (Lipinski definition) is 3. The molecule has 1 N–H and O–H groups in total. The van der Waals surface area contributed by atoms with Gasteiger partial charge in [-0.2, -0.15) is 0 Å². The fourth-order valence-electron chi connectivity index (χ4n) is 3.56. The lowest BCUT2D eigenvalue weighted by atomic mass is 10.0. The molecule has 2 aromatic carbocycles. The zero-order valence-corrected chi connectivity index (χ0v) is 16.2. The quantitative estimate of drug-likeness (QED) is 0.763. The number of imidazole rings is 1. The normalized spacial score (nSPS) is 14.7. The van der Waals surface area contributed by atoms with Crippen LogP contribution in [-0.4, -0.2) is 57.8 Å². The Morgan fingerprint density at radius 3 is 2.07 bits per heavy atom. The van der Waals surface area contributed by atoms with Crippen LogP contribution in [0, 0.1) is 0 Å². The predicted molar refractivity (Wildman–Crippen MR) is 108 cm³/mol. The van der Waals surface area contributed by atoms with Crippen LogP contribution < -0.4 is 0 Å². The smallest absolute Gasteiger partial charge is 0.254 e. The minimum atomic E-state index is -0.00937. The molecular weight excluding hydrogens is 352 g/mol. The molecule has 0 saturated carbocycles. The van der Waals surface area contributed by atoms with E-state index in [2.05, 4.69) is 23.8 Å². The Morgan fingerprint density at radius 2 is 1.46 bits per heavy atom. The summed E-state index contributed by atoms with van der Waals surface area (Å²) in [6, 6.07) is 13.3. The van der Waals surface area contributed by atoms with E-state index in [-0.39, 0.29) is 11.8 Å². The number of nitrogens with zero attached hydrogens (tertiary/aromatic N) is 3. The summed E-state index contributed by atoms with van der Waals surface area (Å²) in [6.45, 7) is 6.44. The van der Waals surface area contributed by atoms with Crippen molar-refractivity contribution in [2.45, 2.75) is 19.8 Å². The minimum Gasteiger partial charge on any atom is -0.345 e. The van der Waals surface area contributed by atoms with Gasteiger partial charge >= 0.3 is 0 Å². The average molecular weight is 376 g/mol. The molecular formula is C22H24N4O2. The number of hydrogen-bond donors (Lipinski definition) is 1. The van der Waals surface area contributed by atoms with Crippen LogP contribution in [0.1, 0.15) is 46.0 Å². The molecule has 144 valence electrons. The zero-order valence-electron chi connectivity index (χ0n) is 16.2. The lowest BCUT2D eigenvalue weighted by Gasteiger charge is -2.35. The Labute approximate surface area is 164 Å². The molecule has 1 aliphatic heterocycles. The zero-order chi connectivity index (χ0) is 19.7. The number of H-pyrrole nitrogens is 1. The molecule has 0 radical (unpaired) electrons. The van der Waals surface area contributed by atoms with Gasteiger partial charge in [-0.05, 0) is 41.8 Å². The Morgan fingerprint density at radius 1 is 0.893 bits per heavy atom. The molecule has 0 unspecified atom stereocenters. The van der Waals surface area contributed by atoms with E-state index in [0.717, 1.165) is 11.0 Å². The highest BCUT2D eigenvalue weighted by Gasteiger charge is 2.25. The van der Waals surface area contributed by atoms with Gasteiger partial charge in [-0.15, -0.1) is 0 Å². The first kappa shape index (κ1) is 18.2. The second-order valence-corrected chi connectivity index (χ2v) is 7.50. The van der Waals surface area contributed by atoms with E-state index in [0.29, 0.717) is 43.2 Å².